The molecule has 0 aliphatic carbocycles. The topological polar surface area (TPSA) is 75.1 Å². The lowest BCUT2D eigenvalue weighted by Gasteiger charge is -2.06. The Labute approximate surface area is 136 Å². The minimum Gasteiger partial charge on any atom is -0.349 e. The number of rotatable bonds is 3. The summed E-state index contributed by atoms with van der Waals surface area (Å²) in [5.74, 6) is 0.359. The summed E-state index contributed by atoms with van der Waals surface area (Å²) in [7, 11) is 0. The Morgan fingerprint density at radius 3 is 2.68 bits per heavy atom. The number of aromatic nitrogens is 4. The number of nitrogens with zero attached hydrogens (tertiary/aromatic N) is 3. The van der Waals surface area contributed by atoms with Crippen molar-refractivity contribution in [2.24, 2.45) is 0 Å². The van der Waals surface area contributed by atoms with Gasteiger partial charge >= 0.3 is 0 Å². The van der Waals surface area contributed by atoms with Gasteiger partial charge in [0.05, 0.1) is 10.0 Å². The molecule has 0 bridgehead atoms. The average molecular weight is 338 g/mol. The summed E-state index contributed by atoms with van der Waals surface area (Å²) in [6, 6.07) is 6.88. The Morgan fingerprint density at radius 1 is 1.23 bits per heavy atom. The molecule has 0 saturated heterocycles. The Kier molecular flexibility index (Phi) is 3.80. The van der Waals surface area contributed by atoms with Crippen molar-refractivity contribution in [1.82, 2.24) is 25.1 Å². The van der Waals surface area contributed by atoms with Crippen LogP contribution in [0.5, 0.6) is 0 Å². The Balaban J connectivity index is 2.02. The molecule has 2 aromatic heterocycles. The second kappa shape index (κ2) is 5.62. The molecule has 0 saturated carbocycles. The van der Waals surface area contributed by atoms with E-state index in [0.29, 0.717) is 27.2 Å². The van der Waals surface area contributed by atoms with E-state index in [9.17, 15) is 4.79 Å². The summed E-state index contributed by atoms with van der Waals surface area (Å²) < 4.78 is 1.63. The molecule has 6 nitrogen and oxygen atoms in total. The number of fused-ring (bicyclic) bond motifs is 1. The van der Waals surface area contributed by atoms with Crippen molar-refractivity contribution < 1.29 is 4.79 Å². The van der Waals surface area contributed by atoms with Gasteiger partial charge in [0.2, 0.25) is 0 Å². The molecule has 0 unspecified atom stereocenters. The molecule has 0 atom stereocenters. The number of nitrogens with one attached hydrogen (secondary N) is 2. The molecule has 1 amide bonds. The molecule has 114 valence electrons. The number of halogens is 2. The zero-order valence-corrected chi connectivity index (χ0v) is 13.4. The number of carbonyl (C=O) groups excluding carboxylic acids is 1. The molecule has 22 heavy (non-hydrogen) atoms. The first-order valence-corrected chi connectivity index (χ1v) is 7.41. The fraction of sp³-hybridized carbons (Fsp3) is 0.214. The van der Waals surface area contributed by atoms with E-state index < -0.39 is 0 Å². The van der Waals surface area contributed by atoms with E-state index in [-0.39, 0.29) is 11.9 Å². The number of hydrogen-bond acceptors (Lipinski definition) is 3. The van der Waals surface area contributed by atoms with Gasteiger partial charge in [-0.2, -0.15) is 0 Å². The third kappa shape index (κ3) is 2.67. The van der Waals surface area contributed by atoms with Crippen molar-refractivity contribution in [2.45, 2.75) is 19.9 Å². The van der Waals surface area contributed by atoms with Crippen molar-refractivity contribution in [1.29, 1.82) is 0 Å². The van der Waals surface area contributed by atoms with Crippen LogP contribution < -0.4 is 5.32 Å². The highest BCUT2D eigenvalue weighted by Crippen LogP contribution is 2.27. The minimum atomic E-state index is -0.194. The fourth-order valence-corrected chi connectivity index (χ4v) is 2.36. The van der Waals surface area contributed by atoms with Gasteiger partial charge in [0.15, 0.2) is 11.5 Å². The largest absolute Gasteiger partial charge is 0.349 e. The highest BCUT2D eigenvalue weighted by Gasteiger charge is 2.16. The molecule has 0 radical (unpaired) electrons. The maximum Gasteiger partial charge on any atom is 0.269 e. The maximum absolute atomic E-state index is 12.0. The van der Waals surface area contributed by atoms with Gasteiger partial charge in [-0.3, -0.25) is 9.89 Å². The molecule has 2 N–H and O–H groups in total. The molecule has 2 heterocycles. The van der Waals surface area contributed by atoms with E-state index >= 15 is 0 Å². The van der Waals surface area contributed by atoms with E-state index in [1.807, 2.05) is 13.8 Å². The molecule has 0 fully saturated rings. The van der Waals surface area contributed by atoms with Gasteiger partial charge in [-0.1, -0.05) is 23.2 Å². The van der Waals surface area contributed by atoms with Crippen LogP contribution in [-0.2, 0) is 0 Å². The van der Waals surface area contributed by atoms with Crippen molar-refractivity contribution in [3.05, 3.63) is 40.0 Å². The SMILES string of the molecule is CC(C)NC(=O)c1cc2nnc(-c3ccc(Cl)c(Cl)c3)n2[nH]1. The molecular formula is C14H13Cl2N5O. The van der Waals surface area contributed by atoms with Gasteiger partial charge in [-0.25, -0.2) is 4.52 Å². The normalized spacial score (nSPS) is 11.3. The summed E-state index contributed by atoms with van der Waals surface area (Å²) in [6.45, 7) is 3.79. The zero-order valence-electron chi connectivity index (χ0n) is 11.9. The Morgan fingerprint density at radius 2 is 2.00 bits per heavy atom. The highest BCUT2D eigenvalue weighted by molar-refractivity contribution is 6.42. The van der Waals surface area contributed by atoms with Gasteiger partial charge in [-0.15, -0.1) is 10.2 Å². The highest BCUT2D eigenvalue weighted by atomic mass is 35.5. The summed E-state index contributed by atoms with van der Waals surface area (Å²) in [5, 5.41) is 14.9. The molecule has 1 aromatic carbocycles. The van der Waals surface area contributed by atoms with Crippen LogP contribution in [0.15, 0.2) is 24.3 Å². The first-order chi connectivity index (χ1) is 10.5. The van der Waals surface area contributed by atoms with Crippen LogP contribution in [0.1, 0.15) is 24.3 Å². The molecule has 0 spiro atoms. The number of amides is 1. The lowest BCUT2D eigenvalue weighted by Crippen LogP contribution is -2.30. The van der Waals surface area contributed by atoms with Crippen molar-refractivity contribution in [3.8, 4) is 11.4 Å². The van der Waals surface area contributed by atoms with Gasteiger partial charge in [0.1, 0.15) is 5.69 Å². The van der Waals surface area contributed by atoms with E-state index in [2.05, 4.69) is 20.6 Å². The third-order valence-electron chi connectivity index (χ3n) is 3.04. The number of aromatic amines is 1. The van der Waals surface area contributed by atoms with E-state index in [4.69, 9.17) is 23.2 Å². The average Bonchev–Trinajstić information content (AvgIpc) is 3.01. The van der Waals surface area contributed by atoms with Crippen LogP contribution >= 0.6 is 23.2 Å². The lowest BCUT2D eigenvalue weighted by atomic mass is 10.2. The number of carbonyl (C=O) groups is 1. The predicted molar refractivity (Wildman–Crippen MR) is 85.4 cm³/mol. The molecule has 3 aromatic rings. The first-order valence-electron chi connectivity index (χ1n) is 6.66. The predicted octanol–water partition coefficient (Wildman–Crippen LogP) is 3.17. The molecule has 3 rings (SSSR count). The molecule has 0 aliphatic rings. The number of H-pyrrole nitrogens is 1. The maximum atomic E-state index is 12.0. The van der Waals surface area contributed by atoms with Crippen LogP contribution in [0.2, 0.25) is 10.0 Å². The molecule has 0 aliphatic heterocycles. The summed E-state index contributed by atoms with van der Waals surface area (Å²) in [4.78, 5) is 12.0. The van der Waals surface area contributed by atoms with Gasteiger partial charge < -0.3 is 5.32 Å². The van der Waals surface area contributed by atoms with Crippen LogP contribution in [-0.4, -0.2) is 31.8 Å². The van der Waals surface area contributed by atoms with E-state index in [1.54, 1.807) is 28.8 Å². The van der Waals surface area contributed by atoms with Crippen LogP contribution in [0.3, 0.4) is 0 Å². The number of hydrogen-bond donors (Lipinski definition) is 2. The quantitative estimate of drug-likeness (QED) is 0.770. The smallest absolute Gasteiger partial charge is 0.269 e. The molecular weight excluding hydrogens is 325 g/mol. The van der Waals surface area contributed by atoms with Crippen molar-refractivity contribution in [3.63, 3.8) is 0 Å². The zero-order chi connectivity index (χ0) is 15.9. The van der Waals surface area contributed by atoms with Crippen LogP contribution in [0.25, 0.3) is 17.0 Å². The fourth-order valence-electron chi connectivity index (χ4n) is 2.06. The van der Waals surface area contributed by atoms with Crippen LogP contribution in [0, 0.1) is 0 Å². The van der Waals surface area contributed by atoms with E-state index in [0.717, 1.165) is 5.56 Å². The second-order valence-corrected chi connectivity index (χ2v) is 5.96. The molecule has 8 heteroatoms. The lowest BCUT2D eigenvalue weighted by molar-refractivity contribution is 0.0938. The minimum absolute atomic E-state index is 0.0517. The Hall–Kier alpha value is -2.05. The summed E-state index contributed by atoms with van der Waals surface area (Å²) in [5.41, 5.74) is 1.72. The Bertz CT molecular complexity index is 852. The standard InChI is InChI=1S/C14H13Cl2N5O/c1-7(2)17-14(22)11-6-12-18-19-13(21(12)20-11)8-3-4-9(15)10(16)5-8/h3-7,20H,1-2H3,(H,17,22). The second-order valence-electron chi connectivity index (χ2n) is 5.14. The third-order valence-corrected chi connectivity index (χ3v) is 3.77. The van der Waals surface area contributed by atoms with Crippen molar-refractivity contribution in [2.75, 3.05) is 0 Å². The monoisotopic (exact) mass is 337 g/mol. The van der Waals surface area contributed by atoms with Crippen LogP contribution in [0.4, 0.5) is 0 Å². The summed E-state index contributed by atoms with van der Waals surface area (Å²) in [6.07, 6.45) is 0. The van der Waals surface area contributed by atoms with Gasteiger partial charge in [-0.05, 0) is 32.0 Å². The number of benzene rings is 1. The van der Waals surface area contributed by atoms with Gasteiger partial charge in [0, 0.05) is 17.7 Å². The van der Waals surface area contributed by atoms with Gasteiger partial charge in [0.25, 0.3) is 5.91 Å². The van der Waals surface area contributed by atoms with E-state index in [1.165, 1.54) is 0 Å². The summed E-state index contributed by atoms with van der Waals surface area (Å²) >= 11 is 11.9. The van der Waals surface area contributed by atoms with Crippen molar-refractivity contribution >= 4 is 34.8 Å². The first kappa shape index (κ1) is 14.9.